The van der Waals surface area contributed by atoms with Gasteiger partial charge >= 0.3 is 5.97 Å². The number of benzene rings is 1. The summed E-state index contributed by atoms with van der Waals surface area (Å²) >= 11 is 0. The molecule has 0 saturated heterocycles. The SMILES string of the molecule is CCn1c(C)cc(C(=O)COC(=O)CCc2nnc(-c3ccc(C)cc3)o2)c1C. The van der Waals surface area contributed by atoms with Gasteiger partial charge in [0.1, 0.15) is 0 Å². The number of rotatable bonds is 8. The van der Waals surface area contributed by atoms with Crippen LogP contribution in [0.4, 0.5) is 0 Å². The van der Waals surface area contributed by atoms with E-state index < -0.39 is 5.97 Å². The second-order valence-corrected chi connectivity index (χ2v) is 6.98. The molecule has 0 radical (unpaired) electrons. The van der Waals surface area contributed by atoms with Gasteiger partial charge in [-0.05, 0) is 45.9 Å². The molecule has 0 aliphatic heterocycles. The number of ketones is 1. The summed E-state index contributed by atoms with van der Waals surface area (Å²) in [5.74, 6) is 0.0912. The largest absolute Gasteiger partial charge is 0.457 e. The van der Waals surface area contributed by atoms with Crippen LogP contribution in [0.1, 0.15) is 46.5 Å². The molecular formula is C22H25N3O4. The van der Waals surface area contributed by atoms with Gasteiger partial charge in [-0.3, -0.25) is 9.59 Å². The average Bonchev–Trinajstić information content (AvgIpc) is 3.29. The van der Waals surface area contributed by atoms with Gasteiger partial charge in [-0.1, -0.05) is 17.7 Å². The van der Waals surface area contributed by atoms with Crippen molar-refractivity contribution in [2.24, 2.45) is 0 Å². The van der Waals surface area contributed by atoms with Gasteiger partial charge in [0.05, 0.1) is 6.42 Å². The summed E-state index contributed by atoms with van der Waals surface area (Å²) in [7, 11) is 0. The maximum absolute atomic E-state index is 12.4. The Morgan fingerprint density at radius 2 is 1.83 bits per heavy atom. The number of hydrogen-bond donors (Lipinski definition) is 0. The zero-order valence-electron chi connectivity index (χ0n) is 17.2. The molecule has 0 fully saturated rings. The van der Waals surface area contributed by atoms with E-state index >= 15 is 0 Å². The smallest absolute Gasteiger partial charge is 0.306 e. The molecule has 152 valence electrons. The van der Waals surface area contributed by atoms with Crippen molar-refractivity contribution in [2.75, 3.05) is 6.61 Å². The molecule has 7 heteroatoms. The summed E-state index contributed by atoms with van der Waals surface area (Å²) in [4.78, 5) is 24.4. The molecule has 3 rings (SSSR count). The van der Waals surface area contributed by atoms with Crippen LogP contribution in [0.25, 0.3) is 11.5 Å². The maximum Gasteiger partial charge on any atom is 0.306 e. The molecular weight excluding hydrogens is 370 g/mol. The summed E-state index contributed by atoms with van der Waals surface area (Å²) in [5, 5.41) is 7.98. The van der Waals surface area contributed by atoms with Crippen molar-refractivity contribution < 1.29 is 18.7 Å². The normalized spacial score (nSPS) is 10.9. The first-order valence-electron chi connectivity index (χ1n) is 9.64. The lowest BCUT2D eigenvalue weighted by Gasteiger charge is -2.06. The first kappa shape index (κ1) is 20.5. The zero-order chi connectivity index (χ0) is 21.0. The Bertz CT molecular complexity index is 1020. The number of aromatic nitrogens is 3. The zero-order valence-corrected chi connectivity index (χ0v) is 17.2. The molecule has 7 nitrogen and oxygen atoms in total. The molecule has 0 unspecified atom stereocenters. The number of hydrogen-bond acceptors (Lipinski definition) is 6. The van der Waals surface area contributed by atoms with E-state index in [1.807, 2.05) is 58.0 Å². The fourth-order valence-corrected chi connectivity index (χ4v) is 3.24. The first-order chi connectivity index (χ1) is 13.9. The summed E-state index contributed by atoms with van der Waals surface area (Å²) in [5.41, 5.74) is 4.47. The van der Waals surface area contributed by atoms with Crippen molar-refractivity contribution in [3.63, 3.8) is 0 Å². The van der Waals surface area contributed by atoms with E-state index in [9.17, 15) is 9.59 Å². The minimum Gasteiger partial charge on any atom is -0.457 e. The van der Waals surface area contributed by atoms with Crippen LogP contribution >= 0.6 is 0 Å². The third kappa shape index (κ3) is 4.80. The number of aryl methyl sites for hydroxylation is 3. The predicted molar refractivity (Wildman–Crippen MR) is 108 cm³/mol. The van der Waals surface area contributed by atoms with Crippen molar-refractivity contribution in [2.45, 2.75) is 47.1 Å². The Balaban J connectivity index is 1.50. The van der Waals surface area contributed by atoms with E-state index in [-0.39, 0.29) is 25.2 Å². The van der Waals surface area contributed by atoms with Crippen LogP contribution < -0.4 is 0 Å². The average molecular weight is 395 g/mol. The van der Waals surface area contributed by atoms with Gasteiger partial charge in [0.2, 0.25) is 17.6 Å². The van der Waals surface area contributed by atoms with Gasteiger partial charge in [-0.15, -0.1) is 10.2 Å². The Morgan fingerprint density at radius 3 is 2.48 bits per heavy atom. The first-order valence-corrected chi connectivity index (χ1v) is 9.64. The predicted octanol–water partition coefficient (Wildman–Crippen LogP) is 3.84. The van der Waals surface area contributed by atoms with E-state index in [4.69, 9.17) is 9.15 Å². The van der Waals surface area contributed by atoms with Crippen LogP contribution in [0.3, 0.4) is 0 Å². The van der Waals surface area contributed by atoms with Crippen molar-refractivity contribution in [1.29, 1.82) is 0 Å². The van der Waals surface area contributed by atoms with Gasteiger partial charge in [-0.2, -0.15) is 0 Å². The lowest BCUT2D eigenvalue weighted by molar-refractivity contribution is -0.142. The van der Waals surface area contributed by atoms with Gasteiger partial charge in [0, 0.05) is 35.5 Å². The Hall–Kier alpha value is -3.22. The lowest BCUT2D eigenvalue weighted by Crippen LogP contribution is -2.15. The van der Waals surface area contributed by atoms with Crippen LogP contribution in [0, 0.1) is 20.8 Å². The van der Waals surface area contributed by atoms with E-state index in [0.29, 0.717) is 17.3 Å². The standard InChI is InChI=1S/C22H25N3O4/c1-5-25-15(3)12-18(16(25)4)19(26)13-28-21(27)11-10-20-23-24-22(29-20)17-8-6-14(2)7-9-17/h6-9,12H,5,10-11,13H2,1-4H3. The number of nitrogens with zero attached hydrogens (tertiary/aromatic N) is 3. The molecule has 0 aliphatic rings. The number of Topliss-reactive ketones (excluding diaryl/α,β-unsaturated/α-hetero) is 1. The van der Waals surface area contributed by atoms with Gasteiger partial charge in [0.15, 0.2) is 6.61 Å². The summed E-state index contributed by atoms with van der Waals surface area (Å²) in [6.45, 7) is 8.39. The molecule has 0 aliphatic carbocycles. The Morgan fingerprint density at radius 1 is 1.10 bits per heavy atom. The number of ether oxygens (including phenoxy) is 1. The van der Waals surface area contributed by atoms with Gasteiger partial charge in [0.25, 0.3) is 0 Å². The number of esters is 1. The van der Waals surface area contributed by atoms with E-state index in [0.717, 1.165) is 29.1 Å². The highest BCUT2D eigenvalue weighted by molar-refractivity contribution is 5.99. The Kier molecular flexibility index (Phi) is 6.26. The molecule has 0 saturated carbocycles. The minimum atomic E-state index is -0.474. The monoisotopic (exact) mass is 395 g/mol. The summed E-state index contributed by atoms with van der Waals surface area (Å²) < 4.78 is 12.8. The highest BCUT2D eigenvalue weighted by Crippen LogP contribution is 2.19. The highest BCUT2D eigenvalue weighted by Gasteiger charge is 2.17. The lowest BCUT2D eigenvalue weighted by atomic mass is 10.1. The second kappa shape index (κ2) is 8.86. The molecule has 2 heterocycles. The molecule has 0 atom stereocenters. The summed E-state index contributed by atoms with van der Waals surface area (Å²) in [6, 6.07) is 9.57. The number of carbonyl (C=O) groups excluding carboxylic acids is 2. The fourth-order valence-electron chi connectivity index (χ4n) is 3.24. The van der Waals surface area contributed by atoms with Crippen molar-refractivity contribution >= 4 is 11.8 Å². The molecule has 3 aromatic rings. The third-order valence-corrected chi connectivity index (χ3v) is 4.86. The molecule has 0 N–H and O–H groups in total. The molecule has 1 aromatic carbocycles. The molecule has 0 amide bonds. The molecule has 2 aromatic heterocycles. The maximum atomic E-state index is 12.4. The second-order valence-electron chi connectivity index (χ2n) is 6.98. The third-order valence-electron chi connectivity index (χ3n) is 4.86. The van der Waals surface area contributed by atoms with Crippen LogP contribution in [-0.4, -0.2) is 33.1 Å². The minimum absolute atomic E-state index is 0.0663. The topological polar surface area (TPSA) is 87.2 Å². The van der Waals surface area contributed by atoms with Crippen LogP contribution in [0.5, 0.6) is 0 Å². The van der Waals surface area contributed by atoms with E-state index in [1.54, 1.807) is 0 Å². The molecule has 0 spiro atoms. The Labute approximate surface area is 169 Å². The summed E-state index contributed by atoms with van der Waals surface area (Å²) in [6.07, 6.45) is 0.326. The van der Waals surface area contributed by atoms with Crippen molar-refractivity contribution in [1.82, 2.24) is 14.8 Å². The quantitative estimate of drug-likeness (QED) is 0.425. The van der Waals surface area contributed by atoms with Crippen LogP contribution in [0.15, 0.2) is 34.7 Å². The fraction of sp³-hybridized carbons (Fsp3) is 0.364. The van der Waals surface area contributed by atoms with Crippen LogP contribution in [-0.2, 0) is 22.5 Å². The van der Waals surface area contributed by atoms with Gasteiger partial charge in [-0.25, -0.2) is 0 Å². The number of carbonyl (C=O) groups is 2. The van der Waals surface area contributed by atoms with E-state index in [1.165, 1.54) is 0 Å². The highest BCUT2D eigenvalue weighted by atomic mass is 16.5. The van der Waals surface area contributed by atoms with Crippen molar-refractivity contribution in [3.05, 3.63) is 58.7 Å². The van der Waals surface area contributed by atoms with Gasteiger partial charge < -0.3 is 13.7 Å². The van der Waals surface area contributed by atoms with Crippen LogP contribution in [0.2, 0.25) is 0 Å². The van der Waals surface area contributed by atoms with Crippen molar-refractivity contribution in [3.8, 4) is 11.5 Å². The van der Waals surface area contributed by atoms with E-state index in [2.05, 4.69) is 14.8 Å². The molecule has 29 heavy (non-hydrogen) atoms. The molecule has 0 bridgehead atoms.